The van der Waals surface area contributed by atoms with Gasteiger partial charge in [0.25, 0.3) is 0 Å². The normalized spacial score (nSPS) is 23.9. The van der Waals surface area contributed by atoms with Gasteiger partial charge in [-0.25, -0.2) is 19.9 Å². The number of likely N-dealkylation sites (tertiary alicyclic amines) is 1. The van der Waals surface area contributed by atoms with Gasteiger partial charge in [0, 0.05) is 28.8 Å². The molecule has 4 aromatic rings. The largest absolute Gasteiger partial charge is 0.481 e. The fraction of sp³-hybridized carbons (Fsp3) is 0.462. The maximum Gasteiger partial charge on any atom is 0.306 e. The van der Waals surface area contributed by atoms with Crippen molar-refractivity contribution in [3.63, 3.8) is 0 Å². The van der Waals surface area contributed by atoms with Gasteiger partial charge in [-0.15, -0.1) is 22.7 Å². The molecule has 2 aliphatic carbocycles. The second-order valence-electron chi connectivity index (χ2n) is 10.3. The van der Waals surface area contributed by atoms with Crippen molar-refractivity contribution in [1.82, 2.24) is 24.8 Å². The fourth-order valence-electron chi connectivity index (χ4n) is 5.77. The van der Waals surface area contributed by atoms with E-state index in [0.29, 0.717) is 29.6 Å². The summed E-state index contributed by atoms with van der Waals surface area (Å²) in [5.74, 6) is -1.09. The lowest BCUT2D eigenvalue weighted by atomic mass is 9.87. The standard InChI is InChI=1S/C15H16ClN3O3S.C11H9ClN2O2S/c16-13-12-8-2-1-7(3-11(8)23-14(12)18-6-17-13)15(22)19-4-9(20)10(21)5-19;12-9-8-6-2-1-5(11(15)16)3-7(6)17-10(8)14-4-13-9/h6-7,9-10,20-21H,1-5H2;4-5H,1-3H2,(H,15,16)/t7-,9-,10-;5-/m00/s1. The Hall–Kier alpha value is -2.48. The fourth-order valence-corrected chi connectivity index (χ4v) is 8.91. The van der Waals surface area contributed by atoms with E-state index in [2.05, 4.69) is 19.9 Å². The van der Waals surface area contributed by atoms with E-state index in [1.54, 1.807) is 16.2 Å². The predicted molar refractivity (Wildman–Crippen MR) is 152 cm³/mol. The highest BCUT2D eigenvalue weighted by molar-refractivity contribution is 7.19. The Kier molecular flexibility index (Phi) is 7.66. The molecule has 3 aliphatic rings. The number of halogens is 2. The maximum absolute atomic E-state index is 12.6. The maximum atomic E-state index is 12.6. The van der Waals surface area contributed by atoms with E-state index in [-0.39, 0.29) is 30.8 Å². The van der Waals surface area contributed by atoms with Gasteiger partial charge in [-0.05, 0) is 49.7 Å². The van der Waals surface area contributed by atoms with E-state index < -0.39 is 18.2 Å². The number of aryl methyl sites for hydroxylation is 2. The molecule has 0 radical (unpaired) electrons. The van der Waals surface area contributed by atoms with Crippen molar-refractivity contribution in [2.75, 3.05) is 13.1 Å². The zero-order chi connectivity index (χ0) is 28.1. The third-order valence-electron chi connectivity index (χ3n) is 7.87. The number of β-amino-alcohol motifs (C(OH)–C–C–N with tert-alkyl or cyclic N) is 2. The molecular weight excluding hydrogens is 597 g/mol. The lowest BCUT2D eigenvalue weighted by Crippen LogP contribution is -2.37. The molecular formula is C26H25Cl2N5O5S2. The number of hydrogen-bond acceptors (Lipinski definition) is 10. The van der Waals surface area contributed by atoms with Gasteiger partial charge in [-0.2, -0.15) is 0 Å². The number of hydrogen-bond donors (Lipinski definition) is 3. The number of thiophene rings is 2. The number of carboxylic acid groups (broad SMARTS) is 1. The molecule has 4 aromatic heterocycles. The number of amides is 1. The van der Waals surface area contributed by atoms with Crippen molar-refractivity contribution in [2.24, 2.45) is 11.8 Å². The van der Waals surface area contributed by atoms with E-state index in [9.17, 15) is 19.8 Å². The number of carbonyl (C=O) groups excluding carboxylic acids is 1. The summed E-state index contributed by atoms with van der Waals surface area (Å²) in [5.41, 5.74) is 2.31. The first-order valence-corrected chi connectivity index (χ1v) is 15.3. The van der Waals surface area contributed by atoms with Crippen molar-refractivity contribution in [3.8, 4) is 0 Å². The van der Waals surface area contributed by atoms with Gasteiger partial charge in [0.05, 0.1) is 28.9 Å². The first-order chi connectivity index (χ1) is 19.2. The van der Waals surface area contributed by atoms with E-state index in [0.717, 1.165) is 55.0 Å². The number of rotatable bonds is 2. The Morgan fingerprint density at radius 1 is 0.800 bits per heavy atom. The Bertz CT molecular complexity index is 1620. The molecule has 0 bridgehead atoms. The molecule has 1 fully saturated rings. The van der Waals surface area contributed by atoms with Crippen LogP contribution in [0.2, 0.25) is 10.3 Å². The molecule has 7 rings (SSSR count). The van der Waals surface area contributed by atoms with Crippen molar-refractivity contribution in [1.29, 1.82) is 0 Å². The molecule has 0 aromatic carbocycles. The molecule has 5 heterocycles. The second-order valence-corrected chi connectivity index (χ2v) is 13.2. The van der Waals surface area contributed by atoms with Gasteiger partial charge in [-0.1, -0.05) is 23.2 Å². The molecule has 4 atom stereocenters. The van der Waals surface area contributed by atoms with Crippen LogP contribution in [-0.2, 0) is 35.3 Å². The van der Waals surface area contributed by atoms with Gasteiger partial charge >= 0.3 is 5.97 Å². The highest BCUT2D eigenvalue weighted by Crippen LogP contribution is 2.41. The molecule has 1 aliphatic heterocycles. The first kappa shape index (κ1) is 27.7. The number of aromatic nitrogens is 4. The Morgan fingerprint density at radius 2 is 1.27 bits per heavy atom. The van der Waals surface area contributed by atoms with E-state index in [1.165, 1.54) is 29.6 Å². The van der Waals surface area contributed by atoms with Crippen LogP contribution in [-0.4, -0.2) is 77.3 Å². The van der Waals surface area contributed by atoms with Gasteiger partial charge in [0.1, 0.15) is 32.6 Å². The van der Waals surface area contributed by atoms with Crippen LogP contribution in [0.25, 0.3) is 20.4 Å². The molecule has 14 heteroatoms. The highest BCUT2D eigenvalue weighted by Gasteiger charge is 2.37. The lowest BCUT2D eigenvalue weighted by molar-refractivity contribution is -0.142. The summed E-state index contributed by atoms with van der Waals surface area (Å²) >= 11 is 15.4. The predicted octanol–water partition coefficient (Wildman–Crippen LogP) is 3.55. The van der Waals surface area contributed by atoms with Crippen LogP contribution in [0.15, 0.2) is 12.7 Å². The van der Waals surface area contributed by atoms with Crippen molar-refractivity contribution in [2.45, 2.75) is 50.7 Å². The summed E-state index contributed by atoms with van der Waals surface area (Å²) in [6.45, 7) is 0.431. The summed E-state index contributed by atoms with van der Waals surface area (Å²) in [6.07, 6.45) is 5.41. The third-order valence-corrected chi connectivity index (χ3v) is 10.8. The number of nitrogens with zero attached hydrogens (tertiary/aromatic N) is 5. The smallest absolute Gasteiger partial charge is 0.306 e. The molecule has 0 saturated carbocycles. The lowest BCUT2D eigenvalue weighted by Gasteiger charge is -2.26. The van der Waals surface area contributed by atoms with E-state index in [4.69, 9.17) is 28.3 Å². The van der Waals surface area contributed by atoms with Crippen LogP contribution in [0.5, 0.6) is 0 Å². The molecule has 40 heavy (non-hydrogen) atoms. The third kappa shape index (κ3) is 5.05. The SMILES string of the molecule is O=C(O)[C@H]1CCc2c(sc3ncnc(Cl)c23)C1.O=C([C@H]1CCc2c(sc3ncnc(Cl)c23)C1)N1C[C@H](O)[C@@H](O)C1. The van der Waals surface area contributed by atoms with Crippen LogP contribution in [0.3, 0.4) is 0 Å². The van der Waals surface area contributed by atoms with Gasteiger partial charge in [0.15, 0.2) is 0 Å². The average molecular weight is 623 g/mol. The van der Waals surface area contributed by atoms with Crippen LogP contribution in [0.1, 0.15) is 33.7 Å². The van der Waals surface area contributed by atoms with Gasteiger partial charge in [-0.3, -0.25) is 9.59 Å². The molecule has 1 amide bonds. The molecule has 1 saturated heterocycles. The molecule has 0 unspecified atom stereocenters. The van der Waals surface area contributed by atoms with E-state index >= 15 is 0 Å². The topological polar surface area (TPSA) is 150 Å². The summed E-state index contributed by atoms with van der Waals surface area (Å²) in [5, 5.41) is 31.1. The Morgan fingerprint density at radius 3 is 1.77 bits per heavy atom. The Balaban J connectivity index is 0.000000151. The van der Waals surface area contributed by atoms with Crippen LogP contribution in [0.4, 0.5) is 0 Å². The average Bonchev–Trinajstić information content (AvgIpc) is 3.61. The van der Waals surface area contributed by atoms with Gasteiger partial charge < -0.3 is 20.2 Å². The van der Waals surface area contributed by atoms with Crippen molar-refractivity contribution >= 4 is 78.2 Å². The van der Waals surface area contributed by atoms with E-state index in [1.807, 2.05) is 0 Å². The number of carboxylic acids is 1. The van der Waals surface area contributed by atoms with Gasteiger partial charge in [0.2, 0.25) is 5.91 Å². The van der Waals surface area contributed by atoms with Crippen molar-refractivity contribution < 1.29 is 24.9 Å². The van der Waals surface area contributed by atoms with Crippen LogP contribution in [0, 0.1) is 11.8 Å². The summed E-state index contributed by atoms with van der Waals surface area (Å²) in [6, 6.07) is 0. The minimum atomic E-state index is -0.837. The van der Waals surface area contributed by atoms with Crippen LogP contribution >= 0.6 is 45.9 Å². The quantitative estimate of drug-likeness (QED) is 0.285. The zero-order valence-electron chi connectivity index (χ0n) is 21.1. The zero-order valence-corrected chi connectivity index (χ0v) is 24.2. The highest BCUT2D eigenvalue weighted by atomic mass is 35.5. The number of aliphatic hydroxyl groups excluding tert-OH is 2. The molecule has 3 N–H and O–H groups in total. The Labute approximate surface area is 246 Å². The summed E-state index contributed by atoms with van der Waals surface area (Å²) in [7, 11) is 0. The molecule has 10 nitrogen and oxygen atoms in total. The first-order valence-electron chi connectivity index (χ1n) is 12.9. The van der Waals surface area contributed by atoms with Crippen LogP contribution < -0.4 is 0 Å². The number of aliphatic carboxylic acids is 1. The summed E-state index contributed by atoms with van der Waals surface area (Å²) in [4.78, 5) is 45.7. The number of carbonyl (C=O) groups is 2. The summed E-state index contributed by atoms with van der Waals surface area (Å²) < 4.78 is 0. The molecule has 0 spiro atoms. The minimum Gasteiger partial charge on any atom is -0.481 e. The number of fused-ring (bicyclic) bond motifs is 6. The minimum absolute atomic E-state index is 0.0147. The second kappa shape index (κ2) is 11.1. The number of aliphatic hydroxyl groups is 2. The molecule has 210 valence electrons. The van der Waals surface area contributed by atoms with Crippen molar-refractivity contribution in [3.05, 3.63) is 43.8 Å². The monoisotopic (exact) mass is 621 g/mol.